The second-order valence-electron chi connectivity index (χ2n) is 5.91. The molecule has 2 aliphatic rings. The molecule has 0 unspecified atom stereocenters. The Kier molecular flexibility index (Phi) is 3.74. The van der Waals surface area contributed by atoms with Gasteiger partial charge >= 0.3 is 0 Å². The quantitative estimate of drug-likeness (QED) is 0.926. The van der Waals surface area contributed by atoms with E-state index in [0.717, 1.165) is 37.9 Å². The summed E-state index contributed by atoms with van der Waals surface area (Å²) in [6.07, 6.45) is 4.08. The Labute approximate surface area is 124 Å². The van der Waals surface area contributed by atoms with Gasteiger partial charge in [0.25, 0.3) is 0 Å². The number of rotatable bonds is 4. The van der Waals surface area contributed by atoms with Crippen molar-refractivity contribution >= 4 is 17.5 Å². The van der Waals surface area contributed by atoms with Gasteiger partial charge in [-0.2, -0.15) is 0 Å². The van der Waals surface area contributed by atoms with Crippen molar-refractivity contribution in [2.24, 2.45) is 0 Å². The molecule has 0 aromatic heterocycles. The molecule has 1 heterocycles. The summed E-state index contributed by atoms with van der Waals surface area (Å²) in [7, 11) is 0. The van der Waals surface area contributed by atoms with Crippen molar-refractivity contribution in [1.29, 1.82) is 0 Å². The average Bonchev–Trinajstić information content (AvgIpc) is 3.06. The minimum absolute atomic E-state index is 0.0710. The SMILES string of the molecule is C[C@H](NC(=O)C1(c2cccc(Cl)c2)CC1)[C@H]1CCCO1. The summed E-state index contributed by atoms with van der Waals surface area (Å²) in [6.45, 7) is 2.84. The molecule has 1 saturated heterocycles. The van der Waals surface area contributed by atoms with Crippen molar-refractivity contribution in [2.45, 2.75) is 50.2 Å². The largest absolute Gasteiger partial charge is 0.376 e. The molecule has 1 saturated carbocycles. The predicted molar refractivity (Wildman–Crippen MR) is 78.9 cm³/mol. The highest BCUT2D eigenvalue weighted by Crippen LogP contribution is 2.49. The normalized spacial score (nSPS) is 25.2. The smallest absolute Gasteiger partial charge is 0.230 e. The molecule has 2 fully saturated rings. The molecule has 3 rings (SSSR count). The zero-order chi connectivity index (χ0) is 14.2. The molecule has 4 heteroatoms. The van der Waals surface area contributed by atoms with Crippen LogP contribution >= 0.6 is 11.6 Å². The van der Waals surface area contributed by atoms with E-state index in [-0.39, 0.29) is 23.5 Å². The summed E-state index contributed by atoms with van der Waals surface area (Å²) in [6, 6.07) is 7.73. The van der Waals surface area contributed by atoms with Gasteiger partial charge in [-0.05, 0) is 50.3 Å². The fraction of sp³-hybridized carbons (Fsp3) is 0.562. The first-order valence-electron chi connectivity index (χ1n) is 7.30. The predicted octanol–water partition coefficient (Wildman–Crippen LogP) is 3.06. The molecule has 0 radical (unpaired) electrons. The van der Waals surface area contributed by atoms with Crippen LogP contribution in [0, 0.1) is 0 Å². The van der Waals surface area contributed by atoms with Gasteiger partial charge in [0.15, 0.2) is 0 Å². The second kappa shape index (κ2) is 5.38. The molecule has 1 aliphatic carbocycles. The number of carbonyl (C=O) groups excluding carboxylic acids is 1. The molecule has 1 aromatic rings. The van der Waals surface area contributed by atoms with E-state index in [1.54, 1.807) is 0 Å². The van der Waals surface area contributed by atoms with Crippen molar-refractivity contribution < 1.29 is 9.53 Å². The molecule has 1 aromatic carbocycles. The maximum absolute atomic E-state index is 12.6. The molecule has 1 N–H and O–H groups in total. The molecule has 20 heavy (non-hydrogen) atoms. The van der Waals surface area contributed by atoms with Gasteiger partial charge in [0.1, 0.15) is 0 Å². The van der Waals surface area contributed by atoms with E-state index < -0.39 is 0 Å². The van der Waals surface area contributed by atoms with E-state index >= 15 is 0 Å². The van der Waals surface area contributed by atoms with E-state index in [0.29, 0.717) is 5.02 Å². The van der Waals surface area contributed by atoms with Crippen molar-refractivity contribution in [2.75, 3.05) is 6.61 Å². The Morgan fingerprint density at radius 2 is 2.30 bits per heavy atom. The third-order valence-electron chi connectivity index (χ3n) is 4.44. The van der Waals surface area contributed by atoms with Crippen LogP contribution in [0.3, 0.4) is 0 Å². The van der Waals surface area contributed by atoms with E-state index in [1.807, 2.05) is 31.2 Å². The van der Waals surface area contributed by atoms with Crippen molar-refractivity contribution in [3.63, 3.8) is 0 Å². The van der Waals surface area contributed by atoms with Crippen LogP contribution in [0.4, 0.5) is 0 Å². The number of hydrogen-bond donors (Lipinski definition) is 1. The number of carbonyl (C=O) groups is 1. The monoisotopic (exact) mass is 293 g/mol. The standard InChI is InChI=1S/C16H20ClNO2/c1-11(14-6-3-9-20-14)18-15(19)16(7-8-16)12-4-2-5-13(17)10-12/h2,4-5,10-11,14H,3,6-9H2,1H3,(H,18,19)/t11-,14+/m0/s1. The van der Waals surface area contributed by atoms with Crippen LogP contribution in [-0.4, -0.2) is 24.7 Å². The Morgan fingerprint density at radius 1 is 1.50 bits per heavy atom. The Balaban J connectivity index is 1.70. The molecular weight excluding hydrogens is 274 g/mol. The van der Waals surface area contributed by atoms with Gasteiger partial charge in [-0.3, -0.25) is 4.79 Å². The van der Waals surface area contributed by atoms with Gasteiger partial charge < -0.3 is 10.1 Å². The minimum atomic E-state index is -0.363. The maximum atomic E-state index is 12.6. The van der Waals surface area contributed by atoms with Crippen molar-refractivity contribution in [3.8, 4) is 0 Å². The first-order chi connectivity index (χ1) is 9.62. The molecule has 0 bridgehead atoms. The number of halogens is 1. The number of ether oxygens (including phenoxy) is 1. The van der Waals surface area contributed by atoms with Crippen molar-refractivity contribution in [3.05, 3.63) is 34.9 Å². The number of nitrogens with one attached hydrogen (secondary N) is 1. The highest BCUT2D eigenvalue weighted by atomic mass is 35.5. The lowest BCUT2D eigenvalue weighted by atomic mass is 9.94. The zero-order valence-electron chi connectivity index (χ0n) is 11.7. The summed E-state index contributed by atoms with van der Waals surface area (Å²) >= 11 is 6.04. The van der Waals surface area contributed by atoms with E-state index in [4.69, 9.17) is 16.3 Å². The van der Waals surface area contributed by atoms with Gasteiger partial charge in [-0.1, -0.05) is 23.7 Å². The lowest BCUT2D eigenvalue weighted by Crippen LogP contribution is -2.45. The van der Waals surface area contributed by atoms with Gasteiger partial charge in [0.2, 0.25) is 5.91 Å². The molecule has 2 atom stereocenters. The van der Waals surface area contributed by atoms with Crippen LogP contribution in [0.2, 0.25) is 5.02 Å². The third-order valence-corrected chi connectivity index (χ3v) is 4.68. The van der Waals surface area contributed by atoms with E-state index in [1.165, 1.54) is 0 Å². The van der Waals surface area contributed by atoms with Crippen molar-refractivity contribution in [1.82, 2.24) is 5.32 Å². The fourth-order valence-electron chi connectivity index (χ4n) is 2.99. The average molecular weight is 294 g/mol. The third kappa shape index (κ3) is 2.57. The summed E-state index contributed by atoms with van der Waals surface area (Å²) in [5, 5.41) is 3.82. The second-order valence-corrected chi connectivity index (χ2v) is 6.34. The number of benzene rings is 1. The topological polar surface area (TPSA) is 38.3 Å². The summed E-state index contributed by atoms with van der Waals surface area (Å²) < 4.78 is 5.64. The van der Waals surface area contributed by atoms with Crippen LogP contribution in [0.25, 0.3) is 0 Å². The minimum Gasteiger partial charge on any atom is -0.376 e. The first kappa shape index (κ1) is 13.9. The first-order valence-corrected chi connectivity index (χ1v) is 7.68. The lowest BCUT2D eigenvalue weighted by molar-refractivity contribution is -0.125. The van der Waals surface area contributed by atoms with Crippen LogP contribution < -0.4 is 5.32 Å². The Morgan fingerprint density at radius 3 is 2.90 bits per heavy atom. The maximum Gasteiger partial charge on any atom is 0.230 e. The number of hydrogen-bond acceptors (Lipinski definition) is 2. The molecule has 3 nitrogen and oxygen atoms in total. The van der Waals surface area contributed by atoms with Gasteiger partial charge in [0.05, 0.1) is 17.6 Å². The van der Waals surface area contributed by atoms with Crippen LogP contribution in [0.15, 0.2) is 24.3 Å². The fourth-order valence-corrected chi connectivity index (χ4v) is 3.18. The Bertz CT molecular complexity index is 507. The Hall–Kier alpha value is -1.06. The van der Waals surface area contributed by atoms with Gasteiger partial charge in [-0.15, -0.1) is 0 Å². The number of amides is 1. The molecule has 1 aliphatic heterocycles. The van der Waals surface area contributed by atoms with Gasteiger partial charge in [0, 0.05) is 11.6 Å². The van der Waals surface area contributed by atoms with Crippen LogP contribution in [-0.2, 0) is 14.9 Å². The molecule has 1 amide bonds. The molecular formula is C16H20ClNO2. The summed E-state index contributed by atoms with van der Waals surface area (Å²) in [4.78, 5) is 12.6. The van der Waals surface area contributed by atoms with E-state index in [2.05, 4.69) is 5.32 Å². The van der Waals surface area contributed by atoms with Crippen LogP contribution in [0.1, 0.15) is 38.2 Å². The van der Waals surface area contributed by atoms with Crippen LogP contribution in [0.5, 0.6) is 0 Å². The lowest BCUT2D eigenvalue weighted by Gasteiger charge is -2.23. The highest BCUT2D eigenvalue weighted by molar-refractivity contribution is 6.30. The highest BCUT2D eigenvalue weighted by Gasteiger charge is 2.51. The van der Waals surface area contributed by atoms with E-state index in [9.17, 15) is 4.79 Å². The van der Waals surface area contributed by atoms with Gasteiger partial charge in [-0.25, -0.2) is 0 Å². The summed E-state index contributed by atoms with van der Waals surface area (Å²) in [5.74, 6) is 0.114. The zero-order valence-corrected chi connectivity index (χ0v) is 12.5. The molecule has 108 valence electrons. The summed E-state index contributed by atoms with van der Waals surface area (Å²) in [5.41, 5.74) is 0.666. The molecule has 0 spiro atoms.